The summed E-state index contributed by atoms with van der Waals surface area (Å²) >= 11 is 0. The number of ketones is 1. The number of hydrogen-bond donors (Lipinski definition) is 0. The lowest BCUT2D eigenvalue weighted by Gasteiger charge is -2.24. The number of hydrogen-bond acceptors (Lipinski definition) is 5. The number of benzene rings is 1. The van der Waals surface area contributed by atoms with Crippen molar-refractivity contribution in [3.63, 3.8) is 0 Å². The zero-order valence-corrected chi connectivity index (χ0v) is 15.1. The highest BCUT2D eigenvalue weighted by molar-refractivity contribution is 7.90. The van der Waals surface area contributed by atoms with Gasteiger partial charge in [-0.2, -0.15) is 0 Å². The highest BCUT2D eigenvalue weighted by Crippen LogP contribution is 2.35. The number of carbonyl (C=O) groups is 1. The zero-order valence-electron chi connectivity index (χ0n) is 14.3. The van der Waals surface area contributed by atoms with E-state index in [4.69, 9.17) is 0 Å². The van der Waals surface area contributed by atoms with Gasteiger partial charge in [0.25, 0.3) is 0 Å². The first-order valence-corrected chi connectivity index (χ1v) is 9.44. The van der Waals surface area contributed by atoms with Crippen LogP contribution in [0.3, 0.4) is 0 Å². The summed E-state index contributed by atoms with van der Waals surface area (Å²) in [6.45, 7) is 4.01. The SMILES string of the molecule is CC(=O)c1nnn([C@@H]([C@@H](C)F)[C@@H](F)c2ccc(S(C)(=O)=O)cc2)c1C. The van der Waals surface area contributed by atoms with E-state index in [1.807, 2.05) is 0 Å². The Balaban J connectivity index is 2.42. The Morgan fingerprint density at radius 2 is 1.76 bits per heavy atom. The van der Waals surface area contributed by atoms with Crippen molar-refractivity contribution in [1.29, 1.82) is 0 Å². The standard InChI is InChI=1S/C16H19F2N3O3S/c1-9(17)16(21-10(2)15(11(3)22)19-20-21)14(18)12-5-7-13(8-6-12)25(4,23)24/h5-9,14,16H,1-4H3/t9-,14+,16+/m1/s1. The van der Waals surface area contributed by atoms with Gasteiger partial charge in [0, 0.05) is 13.2 Å². The van der Waals surface area contributed by atoms with E-state index in [0.717, 1.165) is 10.9 Å². The Kier molecular flexibility index (Phi) is 5.36. The third kappa shape index (κ3) is 3.92. The van der Waals surface area contributed by atoms with Crippen LogP contribution >= 0.6 is 0 Å². The molecule has 0 fully saturated rings. The molecular formula is C16H19F2N3O3S. The minimum absolute atomic E-state index is 0.0455. The maximum Gasteiger partial charge on any atom is 0.181 e. The number of aromatic nitrogens is 3. The van der Waals surface area contributed by atoms with E-state index in [-0.39, 0.29) is 27.6 Å². The fourth-order valence-corrected chi connectivity index (χ4v) is 3.23. The highest BCUT2D eigenvalue weighted by atomic mass is 32.2. The Morgan fingerprint density at radius 3 is 2.16 bits per heavy atom. The van der Waals surface area contributed by atoms with Gasteiger partial charge in [0.2, 0.25) is 0 Å². The molecule has 0 N–H and O–H groups in total. The molecule has 0 radical (unpaired) electrons. The fourth-order valence-electron chi connectivity index (χ4n) is 2.60. The van der Waals surface area contributed by atoms with Crippen LogP contribution in [-0.2, 0) is 9.84 Å². The predicted octanol–water partition coefficient (Wildman–Crippen LogP) is 2.80. The summed E-state index contributed by atoms with van der Waals surface area (Å²) in [6, 6.07) is 3.81. The number of halogens is 2. The summed E-state index contributed by atoms with van der Waals surface area (Å²) in [6.07, 6.45) is -2.37. The molecule has 0 aliphatic carbocycles. The molecule has 0 bridgehead atoms. The molecule has 1 aromatic carbocycles. The van der Waals surface area contributed by atoms with Gasteiger partial charge in [0.1, 0.15) is 12.2 Å². The molecule has 2 rings (SSSR count). The second-order valence-corrected chi connectivity index (χ2v) is 7.95. The van der Waals surface area contributed by atoms with Crippen LogP contribution in [0.15, 0.2) is 29.2 Å². The van der Waals surface area contributed by atoms with Gasteiger partial charge < -0.3 is 0 Å². The van der Waals surface area contributed by atoms with Crippen molar-refractivity contribution in [3.8, 4) is 0 Å². The summed E-state index contributed by atoms with van der Waals surface area (Å²) in [5.41, 5.74) is 0.448. The molecule has 2 aromatic rings. The molecule has 0 unspecified atom stereocenters. The maximum absolute atomic E-state index is 15.0. The van der Waals surface area contributed by atoms with Gasteiger partial charge in [-0.3, -0.25) is 4.79 Å². The Labute approximate surface area is 144 Å². The third-order valence-electron chi connectivity index (χ3n) is 3.94. The molecule has 1 aromatic heterocycles. The number of sulfone groups is 1. The molecule has 0 amide bonds. The molecule has 0 saturated heterocycles. The summed E-state index contributed by atoms with van der Waals surface area (Å²) in [5, 5.41) is 7.42. The van der Waals surface area contributed by atoms with Gasteiger partial charge in [0.05, 0.1) is 10.6 Å². The van der Waals surface area contributed by atoms with Crippen LogP contribution in [0.4, 0.5) is 8.78 Å². The summed E-state index contributed by atoms with van der Waals surface area (Å²) in [4.78, 5) is 11.5. The van der Waals surface area contributed by atoms with Crippen molar-refractivity contribution >= 4 is 15.6 Å². The second kappa shape index (κ2) is 6.99. The third-order valence-corrected chi connectivity index (χ3v) is 5.07. The quantitative estimate of drug-likeness (QED) is 0.729. The van der Waals surface area contributed by atoms with Crippen molar-refractivity contribution in [2.24, 2.45) is 0 Å². The Hall–Kier alpha value is -2.16. The number of alkyl halides is 2. The van der Waals surface area contributed by atoms with E-state index in [1.165, 1.54) is 45.0 Å². The zero-order chi connectivity index (χ0) is 18.9. The van der Waals surface area contributed by atoms with E-state index >= 15 is 0 Å². The minimum Gasteiger partial charge on any atom is -0.293 e. The molecule has 0 aliphatic rings. The first kappa shape index (κ1) is 19.2. The lowest BCUT2D eigenvalue weighted by atomic mass is 10.0. The molecule has 0 spiro atoms. The predicted molar refractivity (Wildman–Crippen MR) is 87.8 cm³/mol. The smallest absolute Gasteiger partial charge is 0.181 e. The molecule has 0 aliphatic heterocycles. The van der Waals surface area contributed by atoms with Crippen molar-refractivity contribution in [2.75, 3.05) is 6.26 Å². The van der Waals surface area contributed by atoms with Crippen molar-refractivity contribution in [1.82, 2.24) is 15.0 Å². The van der Waals surface area contributed by atoms with Crippen LogP contribution in [0.5, 0.6) is 0 Å². The molecule has 6 nitrogen and oxygen atoms in total. The fraction of sp³-hybridized carbons (Fsp3) is 0.438. The van der Waals surface area contributed by atoms with Crippen LogP contribution in [0.2, 0.25) is 0 Å². The maximum atomic E-state index is 15.0. The van der Waals surface area contributed by atoms with E-state index in [9.17, 15) is 22.0 Å². The normalized spacial score (nSPS) is 15.6. The van der Waals surface area contributed by atoms with E-state index < -0.39 is 28.2 Å². The van der Waals surface area contributed by atoms with Crippen molar-refractivity contribution in [2.45, 2.75) is 44.1 Å². The molecule has 0 saturated carbocycles. The van der Waals surface area contributed by atoms with Crippen LogP contribution in [0.25, 0.3) is 0 Å². The average Bonchev–Trinajstić information content (AvgIpc) is 2.88. The van der Waals surface area contributed by atoms with Crippen LogP contribution in [-0.4, -0.2) is 41.6 Å². The monoisotopic (exact) mass is 371 g/mol. The van der Waals surface area contributed by atoms with Gasteiger partial charge in [-0.1, -0.05) is 17.3 Å². The van der Waals surface area contributed by atoms with Crippen molar-refractivity contribution in [3.05, 3.63) is 41.2 Å². The topological polar surface area (TPSA) is 81.9 Å². The first-order valence-electron chi connectivity index (χ1n) is 7.55. The van der Waals surface area contributed by atoms with Crippen molar-refractivity contribution < 1.29 is 22.0 Å². The molecule has 9 heteroatoms. The number of nitrogens with zero attached hydrogens (tertiary/aromatic N) is 3. The molecule has 1 heterocycles. The van der Waals surface area contributed by atoms with Gasteiger partial charge in [-0.25, -0.2) is 21.9 Å². The van der Waals surface area contributed by atoms with Crippen LogP contribution < -0.4 is 0 Å². The van der Waals surface area contributed by atoms with Gasteiger partial charge in [0.15, 0.2) is 27.5 Å². The first-order chi connectivity index (χ1) is 11.5. The number of carbonyl (C=O) groups excluding carboxylic acids is 1. The second-order valence-electron chi connectivity index (χ2n) is 5.94. The summed E-state index contributed by atoms with van der Waals surface area (Å²) in [5.74, 6) is -0.345. The number of Topliss-reactive ketones (excluding diaryl/α,β-unsaturated/α-hetero) is 1. The average molecular weight is 371 g/mol. The largest absolute Gasteiger partial charge is 0.293 e. The Bertz CT molecular complexity index is 877. The molecule has 3 atom stereocenters. The van der Waals surface area contributed by atoms with E-state index in [0.29, 0.717) is 0 Å². The van der Waals surface area contributed by atoms with E-state index in [2.05, 4.69) is 10.3 Å². The lowest BCUT2D eigenvalue weighted by molar-refractivity contribution is 0.101. The molecular weight excluding hydrogens is 352 g/mol. The number of rotatable bonds is 6. The van der Waals surface area contributed by atoms with Gasteiger partial charge in [-0.05, 0) is 31.5 Å². The van der Waals surface area contributed by atoms with Crippen LogP contribution in [0, 0.1) is 6.92 Å². The van der Waals surface area contributed by atoms with Gasteiger partial charge >= 0.3 is 0 Å². The highest BCUT2D eigenvalue weighted by Gasteiger charge is 2.33. The Morgan fingerprint density at radius 1 is 1.20 bits per heavy atom. The lowest BCUT2D eigenvalue weighted by Crippen LogP contribution is -2.25. The summed E-state index contributed by atoms with van der Waals surface area (Å²) < 4.78 is 53.2. The molecule has 25 heavy (non-hydrogen) atoms. The van der Waals surface area contributed by atoms with Crippen LogP contribution in [0.1, 0.15) is 47.8 Å². The van der Waals surface area contributed by atoms with E-state index in [1.54, 1.807) is 0 Å². The minimum atomic E-state index is -3.41. The molecule has 136 valence electrons. The van der Waals surface area contributed by atoms with Gasteiger partial charge in [-0.15, -0.1) is 5.10 Å². The summed E-state index contributed by atoms with van der Waals surface area (Å²) in [7, 11) is -3.41.